The van der Waals surface area contributed by atoms with Gasteiger partial charge in [0, 0.05) is 6.54 Å². The molecule has 0 aromatic carbocycles. The lowest BCUT2D eigenvalue weighted by Crippen LogP contribution is -2.46. The molecule has 0 radical (unpaired) electrons. The SMILES string of the molecule is CCCCCCCCCCC/C=C\CCCCCC(O)CC(=O)NC(COP(=O)(O)OCCN)C(O)/C=C/CCCCCCCCCCCCCCCCCCC. The molecule has 4 atom stereocenters. The van der Waals surface area contributed by atoms with Crippen LogP contribution in [0.2, 0.25) is 0 Å². The van der Waals surface area contributed by atoms with Crippen LogP contribution in [-0.2, 0) is 18.4 Å². The zero-order valence-electron chi connectivity index (χ0n) is 37.2. The molecule has 0 heterocycles. The fourth-order valence-electron chi connectivity index (χ4n) is 7.17. The summed E-state index contributed by atoms with van der Waals surface area (Å²) in [4.78, 5) is 22.8. The van der Waals surface area contributed by atoms with Gasteiger partial charge in [-0.25, -0.2) is 4.57 Å². The third kappa shape index (κ3) is 41.5. The Bertz CT molecular complexity index is 966. The average Bonchev–Trinajstić information content (AvgIpc) is 3.19. The highest BCUT2D eigenvalue weighted by Crippen LogP contribution is 2.43. The van der Waals surface area contributed by atoms with Gasteiger partial charge in [0.05, 0.1) is 37.9 Å². The van der Waals surface area contributed by atoms with E-state index in [2.05, 4.69) is 31.3 Å². The first-order valence-corrected chi connectivity index (χ1v) is 25.5. The minimum Gasteiger partial charge on any atom is -0.393 e. The highest BCUT2D eigenvalue weighted by Gasteiger charge is 2.27. The van der Waals surface area contributed by atoms with E-state index in [4.69, 9.17) is 14.8 Å². The molecular weight excluding hydrogens is 735 g/mol. The van der Waals surface area contributed by atoms with Crippen molar-refractivity contribution in [3.8, 4) is 0 Å². The number of amides is 1. The van der Waals surface area contributed by atoms with Gasteiger partial charge in [-0.05, 0) is 44.9 Å². The second-order valence-corrected chi connectivity index (χ2v) is 18.0. The molecule has 338 valence electrons. The Balaban J connectivity index is 4.27. The largest absolute Gasteiger partial charge is 0.472 e. The lowest BCUT2D eigenvalue weighted by molar-refractivity contribution is -0.124. The van der Waals surface area contributed by atoms with E-state index >= 15 is 0 Å². The Morgan fingerprint density at radius 3 is 1.40 bits per heavy atom. The summed E-state index contributed by atoms with van der Waals surface area (Å²) < 4.78 is 22.1. The molecule has 0 spiro atoms. The van der Waals surface area contributed by atoms with Crippen molar-refractivity contribution in [3.05, 3.63) is 24.3 Å². The normalized spacial score (nSPS) is 14.7. The van der Waals surface area contributed by atoms with Crippen LogP contribution in [0.5, 0.6) is 0 Å². The minimum absolute atomic E-state index is 0.0484. The second-order valence-electron chi connectivity index (χ2n) is 16.5. The number of allylic oxidation sites excluding steroid dienone is 3. The topological polar surface area (TPSA) is 151 Å². The molecule has 0 aliphatic rings. The molecule has 1 amide bonds. The van der Waals surface area contributed by atoms with Gasteiger partial charge in [-0.1, -0.05) is 205 Å². The smallest absolute Gasteiger partial charge is 0.393 e. The minimum atomic E-state index is -4.40. The van der Waals surface area contributed by atoms with Crippen LogP contribution >= 0.6 is 7.82 Å². The van der Waals surface area contributed by atoms with Gasteiger partial charge >= 0.3 is 7.82 Å². The monoisotopic (exact) mass is 829 g/mol. The number of rotatable bonds is 45. The number of carbonyl (C=O) groups excluding carboxylic acids is 1. The number of phosphoric acid groups is 1. The maximum absolute atomic E-state index is 12.8. The van der Waals surface area contributed by atoms with Crippen molar-refractivity contribution in [1.29, 1.82) is 0 Å². The molecule has 0 saturated carbocycles. The lowest BCUT2D eigenvalue weighted by atomic mass is 10.0. The lowest BCUT2D eigenvalue weighted by Gasteiger charge is -2.24. The van der Waals surface area contributed by atoms with Crippen molar-refractivity contribution in [1.82, 2.24) is 5.32 Å². The quantitative estimate of drug-likeness (QED) is 0.0231. The fourth-order valence-corrected chi connectivity index (χ4v) is 7.93. The molecule has 0 fully saturated rings. The summed E-state index contributed by atoms with van der Waals surface area (Å²) in [7, 11) is -4.40. The van der Waals surface area contributed by atoms with Crippen molar-refractivity contribution >= 4 is 13.7 Å². The van der Waals surface area contributed by atoms with Crippen molar-refractivity contribution < 1.29 is 33.5 Å². The molecule has 0 saturated heterocycles. The van der Waals surface area contributed by atoms with E-state index in [9.17, 15) is 24.5 Å². The third-order valence-electron chi connectivity index (χ3n) is 10.8. The first-order chi connectivity index (χ1) is 27.8. The highest BCUT2D eigenvalue weighted by molar-refractivity contribution is 7.47. The van der Waals surface area contributed by atoms with E-state index < -0.39 is 38.6 Å². The van der Waals surface area contributed by atoms with Gasteiger partial charge in [0.15, 0.2) is 0 Å². The van der Waals surface area contributed by atoms with Gasteiger partial charge in [0.2, 0.25) is 5.91 Å². The molecular formula is C47H93N2O7P. The standard InChI is InChI=1S/C47H93N2O7P/c1-3-5-7-9-11-13-15-17-19-21-22-23-25-27-29-31-33-35-37-39-46(51)45(43-56-57(53,54)55-41-40-48)49-47(52)42-44(50)38-36-34-32-30-28-26-24-20-18-16-14-12-10-8-6-4-2/h26,28,37,39,44-46,50-51H,3-25,27,29-36,38,40-43,48H2,1-2H3,(H,49,52)(H,53,54)/b28-26-,39-37+. The van der Waals surface area contributed by atoms with Crippen molar-refractivity contribution in [2.24, 2.45) is 5.73 Å². The molecule has 6 N–H and O–H groups in total. The predicted molar refractivity (Wildman–Crippen MR) is 241 cm³/mol. The van der Waals surface area contributed by atoms with Crippen LogP contribution in [0.3, 0.4) is 0 Å². The first kappa shape index (κ1) is 55.9. The van der Waals surface area contributed by atoms with Crippen LogP contribution in [-0.4, -0.2) is 59.0 Å². The van der Waals surface area contributed by atoms with E-state index in [1.807, 2.05) is 6.08 Å². The third-order valence-corrected chi connectivity index (χ3v) is 11.8. The number of nitrogens with one attached hydrogen (secondary N) is 1. The summed E-state index contributed by atoms with van der Waals surface area (Å²) in [5.41, 5.74) is 5.37. The summed E-state index contributed by atoms with van der Waals surface area (Å²) in [5, 5.41) is 24.1. The zero-order valence-corrected chi connectivity index (χ0v) is 38.1. The Kier molecular flexibility index (Phi) is 42.2. The summed E-state index contributed by atoms with van der Waals surface area (Å²) >= 11 is 0. The molecule has 0 bridgehead atoms. The Labute approximate surface area is 351 Å². The maximum Gasteiger partial charge on any atom is 0.472 e. The number of phosphoric ester groups is 1. The molecule has 10 heteroatoms. The highest BCUT2D eigenvalue weighted by atomic mass is 31.2. The maximum atomic E-state index is 12.8. The zero-order chi connectivity index (χ0) is 41.9. The number of aliphatic hydroxyl groups excluding tert-OH is 2. The van der Waals surface area contributed by atoms with E-state index in [-0.39, 0.29) is 19.6 Å². The number of unbranched alkanes of at least 4 members (excludes halogenated alkanes) is 29. The Morgan fingerprint density at radius 1 is 0.596 bits per heavy atom. The van der Waals surface area contributed by atoms with Crippen molar-refractivity contribution in [2.45, 2.75) is 250 Å². The number of carbonyl (C=O) groups is 1. The summed E-state index contributed by atoms with van der Waals surface area (Å²) in [6.07, 6.45) is 46.9. The van der Waals surface area contributed by atoms with Gasteiger partial charge < -0.3 is 26.2 Å². The molecule has 0 aromatic heterocycles. The molecule has 4 unspecified atom stereocenters. The Morgan fingerprint density at radius 2 is 0.982 bits per heavy atom. The van der Waals surface area contributed by atoms with Gasteiger partial charge in [0.1, 0.15) is 0 Å². The van der Waals surface area contributed by atoms with Crippen LogP contribution in [0.4, 0.5) is 0 Å². The molecule has 0 aliphatic heterocycles. The summed E-state index contributed by atoms with van der Waals surface area (Å²) in [6.45, 7) is 3.99. The second kappa shape index (κ2) is 43.0. The Hall–Kier alpha value is -1.06. The van der Waals surface area contributed by atoms with E-state index in [1.54, 1.807) is 6.08 Å². The van der Waals surface area contributed by atoms with Gasteiger partial charge in [-0.2, -0.15) is 0 Å². The number of hydrogen-bond acceptors (Lipinski definition) is 7. The van der Waals surface area contributed by atoms with E-state index in [0.717, 1.165) is 51.4 Å². The van der Waals surface area contributed by atoms with E-state index in [1.165, 1.54) is 154 Å². The molecule has 0 aliphatic carbocycles. The summed E-state index contributed by atoms with van der Waals surface area (Å²) in [5.74, 6) is -0.452. The van der Waals surface area contributed by atoms with E-state index in [0.29, 0.717) is 6.42 Å². The van der Waals surface area contributed by atoms with Crippen molar-refractivity contribution in [3.63, 3.8) is 0 Å². The number of hydrogen-bond donors (Lipinski definition) is 5. The number of aliphatic hydroxyl groups is 2. The van der Waals surface area contributed by atoms with Crippen molar-refractivity contribution in [2.75, 3.05) is 19.8 Å². The molecule has 0 rings (SSSR count). The average molecular weight is 829 g/mol. The first-order valence-electron chi connectivity index (χ1n) is 24.0. The number of nitrogens with two attached hydrogens (primary N) is 1. The molecule has 9 nitrogen and oxygen atoms in total. The fraction of sp³-hybridized carbons (Fsp3) is 0.894. The summed E-state index contributed by atoms with van der Waals surface area (Å²) in [6, 6.07) is -0.985. The van der Waals surface area contributed by atoms with Gasteiger partial charge in [-0.15, -0.1) is 0 Å². The van der Waals surface area contributed by atoms with Crippen LogP contribution in [0.1, 0.15) is 232 Å². The molecule has 57 heavy (non-hydrogen) atoms. The van der Waals surface area contributed by atoms with Crippen LogP contribution < -0.4 is 11.1 Å². The van der Waals surface area contributed by atoms with Crippen LogP contribution in [0.25, 0.3) is 0 Å². The van der Waals surface area contributed by atoms with Gasteiger partial charge in [-0.3, -0.25) is 13.8 Å². The predicted octanol–water partition coefficient (Wildman–Crippen LogP) is 12.7. The van der Waals surface area contributed by atoms with Gasteiger partial charge in [0.25, 0.3) is 0 Å². The molecule has 0 aromatic rings. The van der Waals surface area contributed by atoms with Crippen LogP contribution in [0.15, 0.2) is 24.3 Å². The van der Waals surface area contributed by atoms with Crippen LogP contribution in [0, 0.1) is 0 Å².